The van der Waals surface area contributed by atoms with Crippen molar-refractivity contribution in [3.05, 3.63) is 30.2 Å². The Bertz CT molecular complexity index is 482. The van der Waals surface area contributed by atoms with Crippen molar-refractivity contribution < 1.29 is 9.63 Å². The van der Waals surface area contributed by atoms with Crippen molar-refractivity contribution in [3.63, 3.8) is 0 Å². The third kappa shape index (κ3) is 3.04. The highest BCUT2D eigenvalue weighted by atomic mass is 16.5. The number of hydrogen-bond donors (Lipinski definition) is 2. The summed E-state index contributed by atoms with van der Waals surface area (Å²) in [5.74, 6) is 1.30. The number of hydrogen-bond acceptors (Lipinski definition) is 5. The van der Waals surface area contributed by atoms with E-state index in [-0.39, 0.29) is 5.75 Å². The van der Waals surface area contributed by atoms with Crippen LogP contribution in [0, 0.1) is 0 Å². The zero-order chi connectivity index (χ0) is 12.1. The molecule has 5 nitrogen and oxygen atoms in total. The fourth-order valence-electron chi connectivity index (χ4n) is 1.54. The van der Waals surface area contributed by atoms with Crippen LogP contribution in [0.25, 0.3) is 11.4 Å². The first-order valence-electron chi connectivity index (χ1n) is 5.61. The number of aromatic nitrogens is 2. The van der Waals surface area contributed by atoms with Crippen LogP contribution in [0.3, 0.4) is 0 Å². The van der Waals surface area contributed by atoms with Gasteiger partial charge in [-0.2, -0.15) is 4.98 Å². The van der Waals surface area contributed by atoms with Gasteiger partial charge in [0, 0.05) is 12.0 Å². The van der Waals surface area contributed by atoms with Gasteiger partial charge >= 0.3 is 0 Å². The Morgan fingerprint density at radius 3 is 2.94 bits per heavy atom. The average Bonchev–Trinajstić information content (AvgIpc) is 2.78. The lowest BCUT2D eigenvalue weighted by Gasteiger charge is -1.94. The molecule has 0 amide bonds. The molecular weight excluding hydrogens is 218 g/mol. The van der Waals surface area contributed by atoms with Gasteiger partial charge in [0.2, 0.25) is 11.7 Å². The second-order valence-corrected chi connectivity index (χ2v) is 3.81. The maximum absolute atomic E-state index is 9.35. The van der Waals surface area contributed by atoms with Crippen LogP contribution in [0.15, 0.2) is 28.8 Å². The van der Waals surface area contributed by atoms with Crippen LogP contribution in [0.2, 0.25) is 0 Å². The molecule has 2 rings (SSSR count). The van der Waals surface area contributed by atoms with Crippen molar-refractivity contribution in [1.82, 2.24) is 10.1 Å². The second-order valence-electron chi connectivity index (χ2n) is 3.81. The normalized spacial score (nSPS) is 10.6. The zero-order valence-electron chi connectivity index (χ0n) is 9.47. The molecule has 1 aromatic carbocycles. The highest BCUT2D eigenvalue weighted by Gasteiger charge is 2.08. The van der Waals surface area contributed by atoms with Gasteiger partial charge in [0.25, 0.3) is 0 Å². The lowest BCUT2D eigenvalue weighted by molar-refractivity contribution is 0.375. The Labute approximate surface area is 99.3 Å². The summed E-state index contributed by atoms with van der Waals surface area (Å²) in [6, 6.07) is 6.78. The molecule has 0 unspecified atom stereocenters. The SMILES string of the molecule is NCCCCc1nc(-c2cccc(O)c2)no1. The van der Waals surface area contributed by atoms with E-state index in [2.05, 4.69) is 10.1 Å². The smallest absolute Gasteiger partial charge is 0.226 e. The zero-order valence-corrected chi connectivity index (χ0v) is 9.47. The van der Waals surface area contributed by atoms with E-state index in [1.165, 1.54) is 0 Å². The van der Waals surface area contributed by atoms with E-state index in [0.29, 0.717) is 18.3 Å². The highest BCUT2D eigenvalue weighted by Crippen LogP contribution is 2.20. The topological polar surface area (TPSA) is 85.2 Å². The standard InChI is InChI=1S/C12H15N3O2/c13-7-2-1-6-11-14-12(15-17-11)9-4-3-5-10(16)8-9/h3-5,8,16H,1-2,6-7,13H2. The average molecular weight is 233 g/mol. The predicted octanol–water partition coefficient (Wildman–Crippen LogP) is 1.72. The predicted molar refractivity (Wildman–Crippen MR) is 63.4 cm³/mol. The van der Waals surface area contributed by atoms with Crippen LogP contribution < -0.4 is 5.73 Å². The summed E-state index contributed by atoms with van der Waals surface area (Å²) in [7, 11) is 0. The second kappa shape index (κ2) is 5.45. The number of phenolic OH excluding ortho intramolecular Hbond substituents is 1. The van der Waals surface area contributed by atoms with E-state index in [9.17, 15) is 5.11 Å². The van der Waals surface area contributed by atoms with Crippen molar-refractivity contribution in [2.45, 2.75) is 19.3 Å². The number of rotatable bonds is 5. The number of nitrogens with zero attached hydrogens (tertiary/aromatic N) is 2. The van der Waals surface area contributed by atoms with Crippen LogP contribution >= 0.6 is 0 Å². The van der Waals surface area contributed by atoms with Crippen molar-refractivity contribution in [1.29, 1.82) is 0 Å². The van der Waals surface area contributed by atoms with Gasteiger partial charge in [-0.15, -0.1) is 0 Å². The molecule has 0 bridgehead atoms. The molecule has 0 aliphatic heterocycles. The van der Waals surface area contributed by atoms with Crippen LogP contribution in [-0.4, -0.2) is 21.8 Å². The Morgan fingerprint density at radius 2 is 2.18 bits per heavy atom. The molecule has 2 aromatic rings. The van der Waals surface area contributed by atoms with E-state index >= 15 is 0 Å². The summed E-state index contributed by atoms with van der Waals surface area (Å²) < 4.78 is 5.12. The van der Waals surface area contributed by atoms with Gasteiger partial charge in [0.15, 0.2) is 0 Å². The Balaban J connectivity index is 2.07. The van der Waals surface area contributed by atoms with Gasteiger partial charge in [0.05, 0.1) is 0 Å². The molecule has 5 heteroatoms. The van der Waals surface area contributed by atoms with Crippen LogP contribution in [0.4, 0.5) is 0 Å². The first-order chi connectivity index (χ1) is 8.29. The molecule has 0 radical (unpaired) electrons. The van der Waals surface area contributed by atoms with Gasteiger partial charge in [-0.05, 0) is 31.5 Å². The van der Waals surface area contributed by atoms with E-state index < -0.39 is 0 Å². The Hall–Kier alpha value is -1.88. The molecular formula is C12H15N3O2. The Kier molecular flexibility index (Phi) is 3.72. The van der Waals surface area contributed by atoms with Crippen molar-refractivity contribution in [3.8, 4) is 17.1 Å². The fraction of sp³-hybridized carbons (Fsp3) is 0.333. The van der Waals surface area contributed by atoms with E-state index in [1.54, 1.807) is 18.2 Å². The number of aryl methyl sites for hydroxylation is 1. The maximum atomic E-state index is 9.35. The molecule has 0 atom stereocenters. The number of phenols is 1. The molecule has 3 N–H and O–H groups in total. The molecule has 0 spiro atoms. The minimum atomic E-state index is 0.192. The van der Waals surface area contributed by atoms with Crippen LogP contribution in [0.5, 0.6) is 5.75 Å². The van der Waals surface area contributed by atoms with E-state index in [4.69, 9.17) is 10.3 Å². The quantitative estimate of drug-likeness (QED) is 0.768. The van der Waals surface area contributed by atoms with Gasteiger partial charge in [-0.25, -0.2) is 0 Å². The molecule has 0 saturated carbocycles. The van der Waals surface area contributed by atoms with Gasteiger partial charge < -0.3 is 15.4 Å². The largest absolute Gasteiger partial charge is 0.508 e. The third-order valence-corrected chi connectivity index (χ3v) is 2.42. The van der Waals surface area contributed by atoms with Gasteiger partial charge in [-0.1, -0.05) is 17.3 Å². The summed E-state index contributed by atoms with van der Waals surface area (Å²) in [5, 5.41) is 13.2. The van der Waals surface area contributed by atoms with Crippen LogP contribution in [-0.2, 0) is 6.42 Å². The number of benzene rings is 1. The summed E-state index contributed by atoms with van der Waals surface area (Å²) in [6.07, 6.45) is 2.63. The van der Waals surface area contributed by atoms with Gasteiger partial charge in [-0.3, -0.25) is 0 Å². The lowest BCUT2D eigenvalue weighted by atomic mass is 10.2. The summed E-state index contributed by atoms with van der Waals surface area (Å²) >= 11 is 0. The molecule has 17 heavy (non-hydrogen) atoms. The molecule has 1 aromatic heterocycles. The maximum Gasteiger partial charge on any atom is 0.226 e. The summed E-state index contributed by atoms with van der Waals surface area (Å²) in [5.41, 5.74) is 6.16. The molecule has 0 fully saturated rings. The minimum Gasteiger partial charge on any atom is -0.508 e. The van der Waals surface area contributed by atoms with E-state index in [1.807, 2.05) is 6.07 Å². The van der Waals surface area contributed by atoms with Crippen molar-refractivity contribution in [2.24, 2.45) is 5.73 Å². The first kappa shape index (κ1) is 11.6. The number of aromatic hydroxyl groups is 1. The lowest BCUT2D eigenvalue weighted by Crippen LogP contribution is -1.99. The molecule has 90 valence electrons. The van der Waals surface area contributed by atoms with Crippen LogP contribution in [0.1, 0.15) is 18.7 Å². The fourth-order valence-corrected chi connectivity index (χ4v) is 1.54. The molecule has 0 aliphatic carbocycles. The molecule has 1 heterocycles. The number of nitrogens with two attached hydrogens (primary N) is 1. The van der Waals surface area contributed by atoms with Crippen molar-refractivity contribution >= 4 is 0 Å². The Morgan fingerprint density at radius 1 is 1.29 bits per heavy atom. The van der Waals surface area contributed by atoms with E-state index in [0.717, 1.165) is 24.8 Å². The van der Waals surface area contributed by atoms with Crippen molar-refractivity contribution in [2.75, 3.05) is 6.54 Å². The molecule has 0 saturated heterocycles. The highest BCUT2D eigenvalue weighted by molar-refractivity contribution is 5.56. The van der Waals surface area contributed by atoms with Gasteiger partial charge in [0.1, 0.15) is 5.75 Å². The first-order valence-corrected chi connectivity index (χ1v) is 5.61. The molecule has 0 aliphatic rings. The monoisotopic (exact) mass is 233 g/mol. The summed E-state index contributed by atoms with van der Waals surface area (Å²) in [4.78, 5) is 4.26. The minimum absolute atomic E-state index is 0.192. The third-order valence-electron chi connectivity index (χ3n) is 2.42. The summed E-state index contributed by atoms with van der Waals surface area (Å²) in [6.45, 7) is 0.674. The number of unbranched alkanes of at least 4 members (excludes halogenated alkanes) is 1.